The first-order valence-corrected chi connectivity index (χ1v) is 11.8. The van der Waals surface area contributed by atoms with E-state index in [4.69, 9.17) is 0 Å². The van der Waals surface area contributed by atoms with E-state index in [1.54, 1.807) is 0 Å². The zero-order chi connectivity index (χ0) is 21.4. The van der Waals surface area contributed by atoms with E-state index in [-0.39, 0.29) is 0 Å². The van der Waals surface area contributed by atoms with Crippen LogP contribution in [0.1, 0.15) is 36.1 Å². The molecular weight excluding hydrogens is 384 g/mol. The summed E-state index contributed by atoms with van der Waals surface area (Å²) in [6.45, 7) is 4.00. The molecule has 0 spiro atoms. The summed E-state index contributed by atoms with van der Waals surface area (Å²) in [7, 11) is 0. The summed E-state index contributed by atoms with van der Waals surface area (Å²) in [5.41, 5.74) is 11.7. The Kier molecular flexibility index (Phi) is 3.62. The lowest BCUT2D eigenvalue weighted by Crippen LogP contribution is -1.94. The lowest BCUT2D eigenvalue weighted by atomic mass is 9.83. The van der Waals surface area contributed by atoms with Gasteiger partial charge in [0, 0.05) is 0 Å². The third-order valence-electron chi connectivity index (χ3n) is 7.48. The van der Waals surface area contributed by atoms with E-state index in [0.717, 1.165) is 12.8 Å². The summed E-state index contributed by atoms with van der Waals surface area (Å²) < 4.78 is 0. The second-order valence-electron chi connectivity index (χ2n) is 8.83. The minimum Gasteiger partial charge on any atom is -0.0683 e. The fourth-order valence-electron chi connectivity index (χ4n) is 6.36. The highest BCUT2D eigenvalue weighted by Crippen LogP contribution is 2.53. The third kappa shape index (κ3) is 2.08. The highest BCUT2D eigenvalue weighted by molar-refractivity contribution is 6.32. The first-order chi connectivity index (χ1) is 15.9. The van der Waals surface area contributed by atoms with E-state index in [1.165, 1.54) is 76.8 Å². The van der Waals surface area contributed by atoms with Gasteiger partial charge in [-0.2, -0.15) is 0 Å². The Bertz CT molecular complexity index is 1560. The van der Waals surface area contributed by atoms with Crippen molar-refractivity contribution in [2.45, 2.75) is 26.7 Å². The molecule has 0 heteroatoms. The topological polar surface area (TPSA) is 0 Å². The van der Waals surface area contributed by atoms with Gasteiger partial charge in [0.05, 0.1) is 0 Å². The maximum absolute atomic E-state index is 2.35. The van der Waals surface area contributed by atoms with Gasteiger partial charge in [-0.3, -0.25) is 0 Å². The van der Waals surface area contributed by atoms with E-state index < -0.39 is 0 Å². The zero-order valence-electron chi connectivity index (χ0n) is 18.5. The van der Waals surface area contributed by atoms with Crippen molar-refractivity contribution in [3.63, 3.8) is 0 Å². The van der Waals surface area contributed by atoms with Crippen LogP contribution in [0.3, 0.4) is 0 Å². The van der Waals surface area contributed by atoms with Crippen LogP contribution in [-0.2, 0) is 12.8 Å². The van der Waals surface area contributed by atoms with Gasteiger partial charge in [0.2, 0.25) is 0 Å². The molecule has 8 rings (SSSR count). The SMILES string of the molecule is CC.c1ccc2c(c1)Cc1c-2c2cccc3c4c(c5cccc1c5c23)Cc1ccccc1-4. The van der Waals surface area contributed by atoms with Gasteiger partial charge < -0.3 is 0 Å². The van der Waals surface area contributed by atoms with Crippen molar-refractivity contribution in [2.24, 2.45) is 0 Å². The summed E-state index contributed by atoms with van der Waals surface area (Å²) in [6.07, 6.45) is 2.08. The molecule has 0 unspecified atom stereocenters. The molecule has 0 nitrogen and oxygen atoms in total. The normalized spacial score (nSPS) is 13.1. The molecule has 0 aromatic heterocycles. The molecule has 0 heterocycles. The average molecular weight is 409 g/mol. The molecule has 0 amide bonds. The Labute approximate surface area is 188 Å². The van der Waals surface area contributed by atoms with Gasteiger partial charge in [0.15, 0.2) is 0 Å². The minimum absolute atomic E-state index is 1.04. The number of benzene rings is 6. The lowest BCUT2D eigenvalue weighted by Gasteiger charge is -2.19. The number of fused-ring (bicyclic) bond motifs is 10. The molecule has 0 fully saturated rings. The van der Waals surface area contributed by atoms with Crippen molar-refractivity contribution in [1.82, 2.24) is 0 Å². The number of hydrogen-bond donors (Lipinski definition) is 0. The van der Waals surface area contributed by atoms with Crippen LogP contribution in [0.5, 0.6) is 0 Å². The first-order valence-electron chi connectivity index (χ1n) is 11.8. The molecule has 152 valence electrons. The molecule has 2 aliphatic carbocycles. The van der Waals surface area contributed by atoms with Crippen LogP contribution >= 0.6 is 0 Å². The summed E-state index contributed by atoms with van der Waals surface area (Å²) in [6, 6.07) is 31.9. The molecular formula is C32H24. The van der Waals surface area contributed by atoms with Crippen LogP contribution in [0, 0.1) is 0 Å². The van der Waals surface area contributed by atoms with Crippen LogP contribution in [0.25, 0.3) is 54.6 Å². The Morgan fingerprint density at radius 2 is 0.844 bits per heavy atom. The largest absolute Gasteiger partial charge is 0.0683 e. The predicted molar refractivity (Wildman–Crippen MR) is 138 cm³/mol. The van der Waals surface area contributed by atoms with E-state index in [2.05, 4.69) is 84.9 Å². The van der Waals surface area contributed by atoms with Gasteiger partial charge in [-0.15, -0.1) is 0 Å². The summed E-state index contributed by atoms with van der Waals surface area (Å²) in [5, 5.41) is 8.66. The summed E-state index contributed by atoms with van der Waals surface area (Å²) in [5.74, 6) is 0. The van der Waals surface area contributed by atoms with Crippen LogP contribution in [0.15, 0.2) is 84.9 Å². The molecule has 2 aliphatic rings. The Balaban J connectivity index is 0.000000880. The molecule has 32 heavy (non-hydrogen) atoms. The molecule has 6 aromatic rings. The summed E-state index contributed by atoms with van der Waals surface area (Å²) >= 11 is 0. The van der Waals surface area contributed by atoms with E-state index in [1.807, 2.05) is 13.8 Å². The van der Waals surface area contributed by atoms with Gasteiger partial charge in [0.1, 0.15) is 0 Å². The minimum atomic E-state index is 1.04. The fourth-order valence-corrected chi connectivity index (χ4v) is 6.36. The Hall–Kier alpha value is -3.64. The number of rotatable bonds is 0. The highest BCUT2D eigenvalue weighted by atomic mass is 14.3. The number of hydrogen-bond acceptors (Lipinski definition) is 0. The highest BCUT2D eigenvalue weighted by Gasteiger charge is 2.29. The molecule has 0 saturated carbocycles. The Morgan fingerprint density at radius 3 is 1.34 bits per heavy atom. The fraction of sp³-hybridized carbons (Fsp3) is 0.125. The van der Waals surface area contributed by atoms with Crippen molar-refractivity contribution in [1.29, 1.82) is 0 Å². The Morgan fingerprint density at radius 1 is 0.438 bits per heavy atom. The molecule has 0 atom stereocenters. The standard InChI is InChI=1S/C30H18.C2H6/c1-3-9-19-17(7-1)15-25-21-11-5-12-22-26-16-18-8-2-4-10-20(18)28(26)24-14-6-13-23(27(19)25)30(24)29(21)22;1-2/h1-14H,15-16H2;1-2H3. The third-order valence-corrected chi connectivity index (χ3v) is 7.48. The average Bonchev–Trinajstić information content (AvgIpc) is 3.44. The van der Waals surface area contributed by atoms with Crippen molar-refractivity contribution < 1.29 is 0 Å². The van der Waals surface area contributed by atoms with Crippen LogP contribution < -0.4 is 0 Å². The van der Waals surface area contributed by atoms with Crippen molar-refractivity contribution in [3.05, 3.63) is 107 Å². The molecule has 0 radical (unpaired) electrons. The summed E-state index contributed by atoms with van der Waals surface area (Å²) in [4.78, 5) is 0. The van der Waals surface area contributed by atoms with Crippen molar-refractivity contribution in [3.8, 4) is 22.3 Å². The zero-order valence-corrected chi connectivity index (χ0v) is 18.5. The molecule has 0 N–H and O–H groups in total. The van der Waals surface area contributed by atoms with Crippen molar-refractivity contribution >= 4 is 32.3 Å². The predicted octanol–water partition coefficient (Wildman–Crippen LogP) is 8.75. The van der Waals surface area contributed by atoms with Crippen LogP contribution in [-0.4, -0.2) is 0 Å². The maximum Gasteiger partial charge on any atom is -0.000705 e. The molecule has 0 bridgehead atoms. The van der Waals surface area contributed by atoms with E-state index >= 15 is 0 Å². The molecule has 0 saturated heterocycles. The quantitative estimate of drug-likeness (QED) is 0.220. The molecule has 0 aliphatic heterocycles. The van der Waals surface area contributed by atoms with Crippen LogP contribution in [0.4, 0.5) is 0 Å². The maximum atomic E-state index is 2.35. The van der Waals surface area contributed by atoms with Gasteiger partial charge in [-0.1, -0.05) is 98.8 Å². The smallest absolute Gasteiger partial charge is 0.000705 e. The molecule has 6 aromatic carbocycles. The monoisotopic (exact) mass is 408 g/mol. The van der Waals surface area contributed by atoms with E-state index in [0.29, 0.717) is 0 Å². The lowest BCUT2D eigenvalue weighted by molar-refractivity contribution is 1.28. The second kappa shape index (κ2) is 6.43. The van der Waals surface area contributed by atoms with Crippen molar-refractivity contribution in [2.75, 3.05) is 0 Å². The van der Waals surface area contributed by atoms with E-state index in [9.17, 15) is 0 Å². The van der Waals surface area contributed by atoms with Crippen LogP contribution in [0.2, 0.25) is 0 Å². The van der Waals surface area contributed by atoms with Gasteiger partial charge in [-0.25, -0.2) is 0 Å². The van der Waals surface area contributed by atoms with Gasteiger partial charge in [-0.05, 0) is 89.7 Å². The van der Waals surface area contributed by atoms with Gasteiger partial charge >= 0.3 is 0 Å². The van der Waals surface area contributed by atoms with Gasteiger partial charge in [0.25, 0.3) is 0 Å². The second-order valence-corrected chi connectivity index (χ2v) is 8.83. The first kappa shape index (κ1) is 18.0.